The van der Waals surface area contributed by atoms with Gasteiger partial charge in [0.25, 0.3) is 17.4 Å². The molecule has 0 unspecified atom stereocenters. The summed E-state index contributed by atoms with van der Waals surface area (Å²) in [5.41, 5.74) is 2.35. The molecule has 0 spiro atoms. The van der Waals surface area contributed by atoms with E-state index in [1.807, 2.05) is 0 Å². The molecule has 12 rings (SSSR count). The predicted molar refractivity (Wildman–Crippen MR) is 384 cm³/mol. The van der Waals surface area contributed by atoms with Gasteiger partial charge >= 0.3 is 35.8 Å². The van der Waals surface area contributed by atoms with Crippen LogP contribution in [-0.4, -0.2) is 166 Å². The van der Waals surface area contributed by atoms with E-state index in [9.17, 15) is 58.5 Å². The number of Topliss-reactive ketones (excluding diaryl/α,β-unsaturated/α-hetero) is 1. The fraction of sp³-hybridized carbons (Fsp3) is 0.372. The van der Waals surface area contributed by atoms with Gasteiger partial charge in [-0.15, -0.1) is 6.42 Å². The molecule has 3 heterocycles. The van der Waals surface area contributed by atoms with Gasteiger partial charge in [0, 0.05) is 61.4 Å². The molecule has 4 aliphatic carbocycles. The molecule has 29 heteroatoms. The highest BCUT2D eigenvalue weighted by Gasteiger charge is 2.78. The molecule has 12 N–H and O–H groups in total. The van der Waals surface area contributed by atoms with E-state index in [0.717, 1.165) is 13.8 Å². The van der Waals surface area contributed by atoms with Crippen LogP contribution in [0.25, 0.3) is 11.2 Å². The molecule has 13 atom stereocenters. The zero-order valence-corrected chi connectivity index (χ0v) is 59.4. The third kappa shape index (κ3) is 16.6. The van der Waals surface area contributed by atoms with Crippen molar-refractivity contribution in [2.75, 3.05) is 24.2 Å². The number of anilines is 2. The number of ether oxygens (including phenoxy) is 5. The topological polar surface area (TPSA) is 447 Å². The van der Waals surface area contributed by atoms with Crippen LogP contribution >= 0.6 is 0 Å². The van der Waals surface area contributed by atoms with Crippen molar-refractivity contribution in [3.63, 3.8) is 0 Å². The predicted octanol–water partition coefficient (Wildman–Crippen LogP) is 5.59. The van der Waals surface area contributed by atoms with Gasteiger partial charge in [0.15, 0.2) is 34.8 Å². The van der Waals surface area contributed by atoms with Crippen molar-refractivity contribution in [3.8, 4) is 12.3 Å². The first-order valence-electron chi connectivity index (χ1n) is 34.5. The van der Waals surface area contributed by atoms with Gasteiger partial charge in [-0.1, -0.05) is 111 Å². The first kappa shape index (κ1) is 78.0. The molecule has 5 aliphatic rings. The van der Waals surface area contributed by atoms with Crippen LogP contribution in [0.2, 0.25) is 0 Å². The van der Waals surface area contributed by atoms with Crippen molar-refractivity contribution < 1.29 is 92.4 Å². The number of hydrogen-bond acceptors (Lipinski definition) is 24. The second-order valence-corrected chi connectivity index (χ2v) is 27.4. The summed E-state index contributed by atoms with van der Waals surface area (Å²) in [7, 11) is 0. The smallest absolute Gasteiger partial charge is 0.338 e. The van der Waals surface area contributed by atoms with Crippen LogP contribution in [0.3, 0.4) is 0 Å². The number of H-pyrrole nitrogens is 1. The molecule has 3 fully saturated rings. The summed E-state index contributed by atoms with van der Waals surface area (Å²) in [5.74, 6) is -7.38. The van der Waals surface area contributed by atoms with Gasteiger partial charge in [-0.2, -0.15) is 4.98 Å². The van der Waals surface area contributed by atoms with E-state index in [1.165, 1.54) is 68.3 Å². The van der Waals surface area contributed by atoms with Gasteiger partial charge in [-0.25, -0.2) is 24.4 Å². The molecule has 5 aromatic carbocycles. The Balaban J connectivity index is 0.000000223. The highest BCUT2D eigenvalue weighted by Crippen LogP contribution is 2.64. The maximum Gasteiger partial charge on any atom is 0.338 e. The first-order valence-corrected chi connectivity index (χ1v) is 34.5. The van der Waals surface area contributed by atoms with Gasteiger partial charge in [0.05, 0.1) is 60.6 Å². The van der Waals surface area contributed by atoms with E-state index in [1.54, 1.807) is 105 Å². The van der Waals surface area contributed by atoms with Crippen LogP contribution in [0.1, 0.15) is 139 Å². The molecule has 2 saturated carbocycles. The molecule has 107 heavy (non-hydrogen) atoms. The Labute approximate surface area is 614 Å². The van der Waals surface area contributed by atoms with Crippen LogP contribution in [-0.2, 0) is 65.4 Å². The van der Waals surface area contributed by atoms with E-state index >= 15 is 4.79 Å². The van der Waals surface area contributed by atoms with E-state index in [4.69, 9.17) is 46.1 Å². The molecule has 7 aromatic rings. The number of esters is 4. The largest absolute Gasteiger partial charge is 0.481 e. The normalized spacial score (nSPS) is 24.3. The Morgan fingerprint density at radius 3 is 2.04 bits per heavy atom. The molecule has 560 valence electrons. The average molecular weight is 1470 g/mol. The highest BCUT2D eigenvalue weighted by molar-refractivity contribution is 5.98. The summed E-state index contributed by atoms with van der Waals surface area (Å²) in [6.07, 6.45) is -2.10. The number of nitrogens with two attached hydrogens (primary N) is 1. The Morgan fingerprint density at radius 1 is 0.794 bits per heavy atom. The van der Waals surface area contributed by atoms with Crippen molar-refractivity contribution in [1.82, 2.24) is 35.9 Å². The number of hydrogen-bond donors (Lipinski definition) is 11. The summed E-state index contributed by atoms with van der Waals surface area (Å²) >= 11 is 0. The summed E-state index contributed by atoms with van der Waals surface area (Å²) in [5, 5.41) is 66.8. The number of nitrogens with zero attached hydrogens (tertiary/aromatic N) is 3. The molecule has 1 saturated heterocycles. The number of carbonyl (C=O) groups is 9. The van der Waals surface area contributed by atoms with Gasteiger partial charge in [-0.05, 0) is 109 Å². The lowest BCUT2D eigenvalue weighted by atomic mass is 9.44. The van der Waals surface area contributed by atoms with Gasteiger partial charge in [0.2, 0.25) is 5.95 Å². The minimum absolute atomic E-state index is 0.00289. The Morgan fingerprint density at radius 2 is 1.42 bits per heavy atom. The number of aliphatic hydroxyl groups excluding tert-OH is 2. The number of terminal acetylenes is 1. The highest BCUT2D eigenvalue weighted by atomic mass is 16.6. The number of amides is 2. The number of aromatic nitrogens is 4. The average Bonchev–Trinajstić information content (AvgIpc) is 1.55. The summed E-state index contributed by atoms with van der Waals surface area (Å²) in [6.45, 7) is 8.87. The second-order valence-electron chi connectivity index (χ2n) is 27.4. The van der Waals surface area contributed by atoms with Crippen LogP contribution in [0.15, 0.2) is 162 Å². The fourth-order valence-electron chi connectivity index (χ4n) is 14.9. The number of benzene rings is 5. The Bertz CT molecular complexity index is 4650. The second kappa shape index (κ2) is 32.9. The summed E-state index contributed by atoms with van der Waals surface area (Å²) in [4.78, 5) is 144. The number of aliphatic hydroxyl groups is 3. The number of carboxylic acids is 2. The zero-order valence-electron chi connectivity index (χ0n) is 59.4. The van der Waals surface area contributed by atoms with Gasteiger partial charge < -0.3 is 70.9 Å². The third-order valence-corrected chi connectivity index (χ3v) is 20.4. The minimum atomic E-state index is -2.39. The van der Waals surface area contributed by atoms with Crippen LogP contribution < -0.4 is 32.6 Å². The van der Waals surface area contributed by atoms with Gasteiger partial charge in [-0.3, -0.25) is 43.9 Å². The monoisotopic (exact) mass is 1470 g/mol. The van der Waals surface area contributed by atoms with Crippen molar-refractivity contribution in [2.45, 2.75) is 153 Å². The van der Waals surface area contributed by atoms with Crippen LogP contribution in [0, 0.1) is 29.1 Å². The van der Waals surface area contributed by atoms with E-state index < -0.39 is 142 Å². The molecule has 29 nitrogen and oxygen atoms in total. The molecule has 2 aromatic heterocycles. The quantitative estimate of drug-likeness (QED) is 0.0181. The molecular weight excluding hydrogens is 1380 g/mol. The van der Waals surface area contributed by atoms with E-state index in [0.29, 0.717) is 29.5 Å². The molecule has 2 amide bonds. The van der Waals surface area contributed by atoms with Crippen molar-refractivity contribution >= 4 is 76.2 Å². The number of nitrogens with one attached hydrogen (secondary N) is 5. The first-order chi connectivity index (χ1) is 50.9. The minimum Gasteiger partial charge on any atom is -0.481 e. The number of carbonyl (C=O) groups excluding carboxylic acids is 7. The number of aryl methyl sites for hydroxylation is 1. The third-order valence-electron chi connectivity index (χ3n) is 20.4. The number of ketones is 1. The summed E-state index contributed by atoms with van der Waals surface area (Å²) in [6, 6.07) is 36.9. The number of nitrogen functional groups attached to an aromatic ring is 1. The Hall–Kier alpha value is -11.6. The number of aromatic amines is 1. The number of carboxylic acid groups (broad SMARTS) is 2. The summed E-state index contributed by atoms with van der Waals surface area (Å²) < 4.78 is 30.3. The number of rotatable bonds is 21. The SMILES string of the molecule is C#CCN[C@@H]1CCc2ccccc21.CC(=O)O[C@H]1C(=O)[C@@]2(C)[C@H]([C@H](OC(=O)c3ccccc3)[C@]3(O)C[C@H](OC(=O)[C@H](O)[C@@H](NC(=O)c4ccccc4)c4ccccc4)C(C)=C1C3(C)C)[C@]1(OC(C)=O)CO[C@@H]1C[C@@H]2O.Nc1nc2ncc(CNc3ccc(C(=O)N[C@@H](CCC(=O)O)C(=O)O)cc3)nc2c(=O)[nH]1. The zero-order chi connectivity index (χ0) is 77.3. The number of aliphatic carboxylic acids is 2. The molecule has 1 aliphatic heterocycles. The standard InChI is InChI=1S/C47H51NO14.C19H19N7O6.C12H13N/c1-25-31(60-43(56)36(52)35(28-16-10-7-11-17-28)48-41(54)29-18-12-8-13-19-29)23-47(57)40(61-42(55)30-20-14-9-15-21-30)38-45(6,32(51)22-33-46(38,24-58-33)62-27(3)50)39(53)37(59-26(2)49)34(25)44(47,4)5;20-19-25-15-14(17(30)26-19)23-11(8-22-15)7-21-10-3-1-9(2-4-10)16(29)24-12(18(31)32)5-6-13(27)28;1-2-9-13-12-8-7-10-5-3-4-6-11(10)12/h7-21,31-33,35-38,40,51-52,57H,22-24H2,1-6H3,(H,48,54);1-4,8,12,21H,5-7H2,(H,24,29)(H,27,28)(H,31,32)(H3,20,22,25,26,30);1,3-6,12-13H,7-9H2/t31-,32-,33+,35-,36+,37+,38-,40-,45+,46-,47+;2*12-/m001/s1. The van der Waals surface area contributed by atoms with Gasteiger partial charge in [0.1, 0.15) is 30.0 Å². The van der Waals surface area contributed by atoms with Crippen molar-refractivity contribution in [2.24, 2.45) is 16.7 Å². The lowest BCUT2D eigenvalue weighted by molar-refractivity contribution is -0.346. The lowest BCUT2D eigenvalue weighted by Gasteiger charge is -2.67. The fourth-order valence-corrected chi connectivity index (χ4v) is 14.9. The molecular formula is C78H83N9O20. The molecule has 0 radical (unpaired) electrons. The van der Waals surface area contributed by atoms with Crippen molar-refractivity contribution in [1.29, 1.82) is 0 Å². The lowest BCUT2D eigenvalue weighted by Crippen LogP contribution is -2.82. The van der Waals surface area contributed by atoms with E-state index in [-0.39, 0.29) is 77.4 Å². The van der Waals surface area contributed by atoms with Crippen LogP contribution in [0.5, 0.6) is 0 Å². The molecule has 2 bridgehead atoms. The van der Waals surface area contributed by atoms with E-state index in [2.05, 4.69) is 71.4 Å². The van der Waals surface area contributed by atoms with Crippen molar-refractivity contribution in [3.05, 3.63) is 206 Å². The Kier molecular flexibility index (Phi) is 24.0. The maximum absolute atomic E-state index is 15.5. The number of fused-ring (bicyclic) bond motifs is 7. The van der Waals surface area contributed by atoms with Crippen LogP contribution in [0.4, 0.5) is 11.6 Å². The maximum atomic E-state index is 15.5.